The zero-order valence-electron chi connectivity index (χ0n) is 18.2. The summed E-state index contributed by atoms with van der Waals surface area (Å²) in [6, 6.07) is 23.0. The zero-order valence-corrected chi connectivity index (χ0v) is 18.2. The molecule has 3 aromatic rings. The lowest BCUT2D eigenvalue weighted by atomic mass is 9.98. The van der Waals surface area contributed by atoms with E-state index in [0.29, 0.717) is 5.56 Å². The Morgan fingerprint density at radius 1 is 0.853 bits per heavy atom. The fraction of sp³-hybridized carbons (Fsp3) is 0.148. The number of benzene rings is 3. The summed E-state index contributed by atoms with van der Waals surface area (Å²) in [6.07, 6.45) is -0.513. The topological polar surface area (TPSA) is 105 Å². The van der Waals surface area contributed by atoms with Crippen LogP contribution in [0, 0.1) is 11.8 Å². The van der Waals surface area contributed by atoms with Crippen LogP contribution in [0.2, 0.25) is 0 Å². The first-order valence-corrected chi connectivity index (χ1v) is 10.7. The molecule has 7 heteroatoms. The standard InChI is InChI=1S/C27H22N2O5/c30-25(31)10-5-15-28-26(32)19-13-11-18(12-14-19)16-29-27(33)34-17-24-22-8-3-1-6-20(22)21-7-2-4-9-23(21)24/h1-4,6-9,11-14,24H,15-17H2,(H,28,32)(H,29,33)(H,30,31). The van der Waals surface area contributed by atoms with Gasteiger partial charge in [0.05, 0.1) is 6.54 Å². The van der Waals surface area contributed by atoms with Crippen molar-refractivity contribution in [1.82, 2.24) is 10.6 Å². The van der Waals surface area contributed by atoms with Crippen molar-refractivity contribution < 1.29 is 24.2 Å². The second-order valence-electron chi connectivity index (χ2n) is 7.67. The third-order valence-electron chi connectivity index (χ3n) is 5.53. The van der Waals surface area contributed by atoms with Gasteiger partial charge in [0.25, 0.3) is 5.91 Å². The summed E-state index contributed by atoms with van der Waals surface area (Å²) in [5.74, 6) is 2.64. The molecule has 170 valence electrons. The lowest BCUT2D eigenvalue weighted by molar-refractivity contribution is -0.130. The van der Waals surface area contributed by atoms with E-state index in [1.807, 2.05) is 30.2 Å². The van der Waals surface area contributed by atoms with E-state index in [9.17, 15) is 14.4 Å². The Kier molecular flexibility index (Phi) is 6.89. The largest absolute Gasteiger partial charge is 0.472 e. The second kappa shape index (κ2) is 10.4. The van der Waals surface area contributed by atoms with Gasteiger partial charge in [-0.05, 0) is 39.9 Å². The van der Waals surface area contributed by atoms with Crippen molar-refractivity contribution in [3.63, 3.8) is 0 Å². The van der Waals surface area contributed by atoms with Crippen LogP contribution in [-0.4, -0.2) is 36.2 Å². The Hall–Kier alpha value is -4.57. The van der Waals surface area contributed by atoms with E-state index in [0.717, 1.165) is 16.7 Å². The van der Waals surface area contributed by atoms with Crippen LogP contribution in [0.25, 0.3) is 11.1 Å². The molecule has 0 saturated heterocycles. The van der Waals surface area contributed by atoms with Crippen molar-refractivity contribution in [2.45, 2.75) is 12.5 Å². The SMILES string of the molecule is O=C(O)C#CCNC(=O)c1ccc(CNC(=O)OCC2c3ccccc3-c3ccccc32)cc1. The van der Waals surface area contributed by atoms with Crippen LogP contribution < -0.4 is 10.6 Å². The number of carbonyl (C=O) groups is 3. The van der Waals surface area contributed by atoms with Gasteiger partial charge in [0.1, 0.15) is 6.61 Å². The van der Waals surface area contributed by atoms with Gasteiger partial charge in [-0.15, -0.1) is 0 Å². The molecule has 34 heavy (non-hydrogen) atoms. The smallest absolute Gasteiger partial charge is 0.407 e. The number of ether oxygens (including phenoxy) is 1. The monoisotopic (exact) mass is 454 g/mol. The Bertz CT molecular complexity index is 1240. The van der Waals surface area contributed by atoms with E-state index in [1.165, 1.54) is 11.1 Å². The number of aliphatic carboxylic acids is 1. The minimum atomic E-state index is -1.25. The highest BCUT2D eigenvalue weighted by atomic mass is 16.5. The molecule has 0 spiro atoms. The minimum Gasteiger partial charge on any atom is -0.472 e. The maximum atomic E-state index is 12.3. The quantitative estimate of drug-likeness (QED) is 0.494. The van der Waals surface area contributed by atoms with Crippen molar-refractivity contribution in [3.8, 4) is 23.0 Å². The number of alkyl carbamates (subject to hydrolysis) is 1. The van der Waals surface area contributed by atoms with Crippen LogP contribution in [-0.2, 0) is 16.1 Å². The Morgan fingerprint density at radius 2 is 1.47 bits per heavy atom. The van der Waals surface area contributed by atoms with Crippen LogP contribution >= 0.6 is 0 Å². The van der Waals surface area contributed by atoms with Gasteiger partial charge >= 0.3 is 12.1 Å². The molecule has 0 unspecified atom stereocenters. The van der Waals surface area contributed by atoms with Crippen molar-refractivity contribution in [2.24, 2.45) is 0 Å². The Balaban J connectivity index is 1.28. The van der Waals surface area contributed by atoms with Gasteiger partial charge in [0, 0.05) is 23.9 Å². The van der Waals surface area contributed by atoms with Crippen LogP contribution in [0.15, 0.2) is 72.8 Å². The van der Waals surface area contributed by atoms with Gasteiger partial charge in [-0.1, -0.05) is 66.6 Å². The minimum absolute atomic E-state index is 0.00358. The number of hydrogen-bond donors (Lipinski definition) is 3. The summed E-state index contributed by atoms with van der Waals surface area (Å²) < 4.78 is 5.53. The fourth-order valence-electron chi connectivity index (χ4n) is 3.94. The summed E-state index contributed by atoms with van der Waals surface area (Å²) >= 11 is 0. The first-order valence-electron chi connectivity index (χ1n) is 10.7. The lowest BCUT2D eigenvalue weighted by Crippen LogP contribution is -2.26. The van der Waals surface area contributed by atoms with E-state index in [4.69, 9.17) is 9.84 Å². The molecule has 3 aromatic carbocycles. The first-order chi connectivity index (χ1) is 16.5. The molecule has 0 radical (unpaired) electrons. The number of carboxylic acids is 1. The van der Waals surface area contributed by atoms with Crippen molar-refractivity contribution in [1.29, 1.82) is 0 Å². The molecule has 7 nitrogen and oxygen atoms in total. The molecule has 0 atom stereocenters. The molecule has 0 aliphatic heterocycles. The fourth-order valence-corrected chi connectivity index (χ4v) is 3.94. The van der Waals surface area contributed by atoms with Crippen LogP contribution in [0.1, 0.15) is 33.0 Å². The molecule has 0 heterocycles. The summed E-state index contributed by atoms with van der Waals surface area (Å²) in [4.78, 5) is 34.7. The average molecular weight is 454 g/mol. The number of rotatable bonds is 6. The number of carbonyl (C=O) groups excluding carboxylic acids is 2. The predicted octanol–water partition coefficient (Wildman–Crippen LogP) is 3.54. The summed E-state index contributed by atoms with van der Waals surface area (Å²) in [6.45, 7) is 0.433. The molecular formula is C27H22N2O5. The Morgan fingerprint density at radius 3 is 2.09 bits per heavy atom. The molecule has 1 aliphatic rings. The highest BCUT2D eigenvalue weighted by molar-refractivity contribution is 5.94. The predicted molar refractivity (Wildman–Crippen MR) is 126 cm³/mol. The van der Waals surface area contributed by atoms with E-state index in [2.05, 4.69) is 40.8 Å². The highest BCUT2D eigenvalue weighted by Gasteiger charge is 2.28. The molecular weight excluding hydrogens is 432 g/mol. The average Bonchev–Trinajstić information content (AvgIpc) is 3.18. The van der Waals surface area contributed by atoms with Crippen molar-refractivity contribution in [2.75, 3.05) is 13.2 Å². The number of hydrogen-bond acceptors (Lipinski definition) is 4. The summed E-state index contributed by atoms with van der Waals surface area (Å²) in [5, 5.41) is 13.7. The van der Waals surface area contributed by atoms with E-state index < -0.39 is 12.1 Å². The van der Waals surface area contributed by atoms with E-state index in [-0.39, 0.29) is 31.5 Å². The number of nitrogens with one attached hydrogen (secondary N) is 2. The first kappa shape index (κ1) is 22.6. The van der Waals surface area contributed by atoms with Crippen LogP contribution in [0.5, 0.6) is 0 Å². The molecule has 3 N–H and O–H groups in total. The molecule has 1 aliphatic carbocycles. The van der Waals surface area contributed by atoms with Gasteiger partial charge in [0.15, 0.2) is 0 Å². The third-order valence-corrected chi connectivity index (χ3v) is 5.53. The molecule has 0 bridgehead atoms. The van der Waals surface area contributed by atoms with Crippen molar-refractivity contribution in [3.05, 3.63) is 95.1 Å². The number of amides is 2. The summed E-state index contributed by atoms with van der Waals surface area (Å²) in [5.41, 5.74) is 5.85. The van der Waals surface area contributed by atoms with Gasteiger partial charge in [-0.2, -0.15) is 0 Å². The molecule has 2 amide bonds. The summed E-state index contributed by atoms with van der Waals surface area (Å²) in [7, 11) is 0. The van der Waals surface area contributed by atoms with Gasteiger partial charge in [-0.25, -0.2) is 9.59 Å². The van der Waals surface area contributed by atoms with E-state index in [1.54, 1.807) is 24.3 Å². The molecule has 0 aromatic heterocycles. The number of fused-ring (bicyclic) bond motifs is 3. The van der Waals surface area contributed by atoms with Gasteiger partial charge in [-0.3, -0.25) is 4.79 Å². The van der Waals surface area contributed by atoms with Gasteiger partial charge in [0.2, 0.25) is 0 Å². The van der Waals surface area contributed by atoms with Crippen LogP contribution in [0.3, 0.4) is 0 Å². The molecule has 0 fully saturated rings. The molecule has 0 saturated carbocycles. The van der Waals surface area contributed by atoms with E-state index >= 15 is 0 Å². The Labute approximate surface area is 196 Å². The lowest BCUT2D eigenvalue weighted by Gasteiger charge is -2.14. The molecule has 4 rings (SSSR count). The van der Waals surface area contributed by atoms with Crippen molar-refractivity contribution >= 4 is 18.0 Å². The zero-order chi connectivity index (χ0) is 23.9. The normalized spacial score (nSPS) is 11.4. The second-order valence-corrected chi connectivity index (χ2v) is 7.67. The van der Waals surface area contributed by atoms with Gasteiger partial charge < -0.3 is 20.5 Å². The van der Waals surface area contributed by atoms with Crippen LogP contribution in [0.4, 0.5) is 4.79 Å². The third kappa shape index (κ3) is 5.25. The maximum Gasteiger partial charge on any atom is 0.407 e. The highest BCUT2D eigenvalue weighted by Crippen LogP contribution is 2.44. The maximum absolute atomic E-state index is 12.3. The number of carboxylic acid groups (broad SMARTS) is 1.